The molecule has 1 N–H and O–H groups in total. The van der Waals surface area contributed by atoms with Gasteiger partial charge >= 0.3 is 0 Å². The van der Waals surface area contributed by atoms with Gasteiger partial charge in [-0.1, -0.05) is 29.8 Å². The lowest BCUT2D eigenvalue weighted by Crippen LogP contribution is -2.40. The monoisotopic (exact) mass is 388 g/mol. The van der Waals surface area contributed by atoms with Crippen molar-refractivity contribution < 1.29 is 14.3 Å². The van der Waals surface area contributed by atoms with E-state index in [4.69, 9.17) is 16.3 Å². The molecule has 2 amide bonds. The summed E-state index contributed by atoms with van der Waals surface area (Å²) in [6.07, 6.45) is 0. The standard InChI is InChI=1S/C21H25ClN2O3/c1-5-24(12-20(25)23-18-11-17(22)10-9-15(18)3)21(26)13-27-19-8-6-7-14(2)16(19)4/h6-11H,5,12-13H2,1-4H3,(H,23,25). The fraction of sp³-hybridized carbons (Fsp3) is 0.333. The van der Waals surface area contributed by atoms with E-state index >= 15 is 0 Å². The van der Waals surface area contributed by atoms with Gasteiger partial charge in [-0.25, -0.2) is 0 Å². The number of nitrogens with one attached hydrogen (secondary N) is 1. The lowest BCUT2D eigenvalue weighted by molar-refractivity contribution is -0.136. The summed E-state index contributed by atoms with van der Waals surface area (Å²) in [5, 5.41) is 3.35. The second-order valence-electron chi connectivity index (χ2n) is 6.40. The van der Waals surface area contributed by atoms with Crippen LogP contribution in [-0.4, -0.2) is 36.4 Å². The maximum Gasteiger partial charge on any atom is 0.260 e. The van der Waals surface area contributed by atoms with E-state index in [0.717, 1.165) is 16.7 Å². The van der Waals surface area contributed by atoms with Crippen LogP contribution in [0.15, 0.2) is 36.4 Å². The molecule has 27 heavy (non-hydrogen) atoms. The van der Waals surface area contributed by atoms with E-state index in [-0.39, 0.29) is 25.0 Å². The number of hydrogen-bond acceptors (Lipinski definition) is 3. The van der Waals surface area contributed by atoms with Gasteiger partial charge in [-0.2, -0.15) is 0 Å². The van der Waals surface area contributed by atoms with E-state index in [1.54, 1.807) is 12.1 Å². The van der Waals surface area contributed by atoms with Crippen LogP contribution in [0.3, 0.4) is 0 Å². The minimum Gasteiger partial charge on any atom is -0.483 e. The average Bonchev–Trinajstić information content (AvgIpc) is 2.63. The number of amides is 2. The van der Waals surface area contributed by atoms with Gasteiger partial charge in [0.1, 0.15) is 5.75 Å². The number of carbonyl (C=O) groups excluding carboxylic acids is 2. The van der Waals surface area contributed by atoms with Gasteiger partial charge in [0.2, 0.25) is 5.91 Å². The second kappa shape index (κ2) is 9.42. The normalized spacial score (nSPS) is 10.4. The number of halogens is 1. The molecule has 5 nitrogen and oxygen atoms in total. The lowest BCUT2D eigenvalue weighted by Gasteiger charge is -2.21. The molecule has 0 saturated carbocycles. The quantitative estimate of drug-likeness (QED) is 0.775. The smallest absolute Gasteiger partial charge is 0.260 e. The molecule has 0 aliphatic rings. The molecule has 0 unspecified atom stereocenters. The van der Waals surface area contributed by atoms with E-state index in [1.165, 1.54) is 4.90 Å². The number of anilines is 1. The Kier molecular flexibility index (Phi) is 7.25. The first-order valence-corrected chi connectivity index (χ1v) is 9.22. The summed E-state index contributed by atoms with van der Waals surface area (Å²) in [5.74, 6) is 0.164. The molecule has 144 valence electrons. The Labute approximate surface area is 165 Å². The molecule has 0 heterocycles. The van der Waals surface area contributed by atoms with Gasteiger partial charge in [0, 0.05) is 17.3 Å². The Hall–Kier alpha value is -2.53. The topological polar surface area (TPSA) is 58.6 Å². The third-order valence-electron chi connectivity index (χ3n) is 4.45. The van der Waals surface area contributed by atoms with Gasteiger partial charge in [0.25, 0.3) is 5.91 Å². The molecule has 0 fully saturated rings. The van der Waals surface area contributed by atoms with Crippen molar-refractivity contribution in [1.82, 2.24) is 4.90 Å². The average molecular weight is 389 g/mol. The predicted octanol–water partition coefficient (Wildman–Crippen LogP) is 4.13. The van der Waals surface area contributed by atoms with Crippen LogP contribution in [0.25, 0.3) is 0 Å². The van der Waals surface area contributed by atoms with Gasteiger partial charge in [0.15, 0.2) is 6.61 Å². The Bertz CT molecular complexity index is 836. The maximum atomic E-state index is 12.5. The first-order valence-electron chi connectivity index (χ1n) is 8.84. The number of ether oxygens (including phenoxy) is 1. The highest BCUT2D eigenvalue weighted by atomic mass is 35.5. The Balaban J connectivity index is 1.95. The number of carbonyl (C=O) groups is 2. The lowest BCUT2D eigenvalue weighted by atomic mass is 10.1. The molecule has 0 atom stereocenters. The van der Waals surface area contributed by atoms with Crippen molar-refractivity contribution in [2.75, 3.05) is 25.0 Å². The van der Waals surface area contributed by atoms with Crippen molar-refractivity contribution in [2.45, 2.75) is 27.7 Å². The zero-order valence-electron chi connectivity index (χ0n) is 16.1. The molecule has 0 aromatic heterocycles. The van der Waals surface area contributed by atoms with Gasteiger partial charge in [0.05, 0.1) is 6.54 Å². The van der Waals surface area contributed by atoms with Crippen LogP contribution >= 0.6 is 11.6 Å². The van der Waals surface area contributed by atoms with Crippen molar-refractivity contribution in [3.63, 3.8) is 0 Å². The number of nitrogens with zero attached hydrogens (tertiary/aromatic N) is 1. The highest BCUT2D eigenvalue weighted by molar-refractivity contribution is 6.31. The second-order valence-corrected chi connectivity index (χ2v) is 6.84. The summed E-state index contributed by atoms with van der Waals surface area (Å²) in [6.45, 7) is 7.91. The molecule has 0 aliphatic heterocycles. The zero-order valence-corrected chi connectivity index (χ0v) is 16.9. The summed E-state index contributed by atoms with van der Waals surface area (Å²) in [4.78, 5) is 26.2. The van der Waals surface area contributed by atoms with E-state index in [1.807, 2.05) is 52.0 Å². The third-order valence-corrected chi connectivity index (χ3v) is 4.68. The first-order chi connectivity index (χ1) is 12.8. The number of aryl methyl sites for hydroxylation is 2. The van der Waals surface area contributed by atoms with Crippen molar-refractivity contribution in [3.8, 4) is 5.75 Å². The van der Waals surface area contributed by atoms with Gasteiger partial charge < -0.3 is 15.0 Å². The fourth-order valence-electron chi connectivity index (χ4n) is 2.58. The van der Waals surface area contributed by atoms with E-state index in [0.29, 0.717) is 23.0 Å². The van der Waals surface area contributed by atoms with Crippen LogP contribution in [0.1, 0.15) is 23.6 Å². The fourth-order valence-corrected chi connectivity index (χ4v) is 2.75. The van der Waals surface area contributed by atoms with Gasteiger partial charge in [-0.3, -0.25) is 9.59 Å². The zero-order chi connectivity index (χ0) is 20.0. The van der Waals surface area contributed by atoms with E-state index in [9.17, 15) is 9.59 Å². The summed E-state index contributed by atoms with van der Waals surface area (Å²) in [6, 6.07) is 11.0. The van der Waals surface area contributed by atoms with Crippen LogP contribution in [0.4, 0.5) is 5.69 Å². The molecule has 0 aliphatic carbocycles. The van der Waals surface area contributed by atoms with Crippen LogP contribution in [0.5, 0.6) is 5.75 Å². The van der Waals surface area contributed by atoms with E-state index in [2.05, 4.69) is 5.32 Å². The molecule has 2 aromatic carbocycles. The number of benzene rings is 2. The number of likely N-dealkylation sites (N-methyl/N-ethyl adjacent to an activating group) is 1. The molecule has 0 radical (unpaired) electrons. The van der Waals surface area contributed by atoms with E-state index < -0.39 is 0 Å². The number of rotatable bonds is 7. The molecular weight excluding hydrogens is 364 g/mol. The predicted molar refractivity (Wildman–Crippen MR) is 108 cm³/mol. The summed E-state index contributed by atoms with van der Waals surface area (Å²) < 4.78 is 5.66. The Morgan fingerprint density at radius 3 is 2.56 bits per heavy atom. The molecule has 6 heteroatoms. The van der Waals surface area contributed by atoms with Gasteiger partial charge in [-0.15, -0.1) is 0 Å². The van der Waals surface area contributed by atoms with Crippen LogP contribution in [-0.2, 0) is 9.59 Å². The van der Waals surface area contributed by atoms with Crippen molar-refractivity contribution in [2.24, 2.45) is 0 Å². The molecule has 0 bridgehead atoms. The summed E-state index contributed by atoms with van der Waals surface area (Å²) in [5.41, 5.74) is 3.65. The summed E-state index contributed by atoms with van der Waals surface area (Å²) in [7, 11) is 0. The van der Waals surface area contributed by atoms with Crippen LogP contribution in [0.2, 0.25) is 5.02 Å². The minimum absolute atomic E-state index is 0.0442. The SMILES string of the molecule is CCN(CC(=O)Nc1cc(Cl)ccc1C)C(=O)COc1cccc(C)c1C. The largest absolute Gasteiger partial charge is 0.483 e. The van der Waals surface area contributed by atoms with Crippen LogP contribution < -0.4 is 10.1 Å². The molecule has 2 rings (SSSR count). The molecule has 0 saturated heterocycles. The van der Waals surface area contributed by atoms with Crippen molar-refractivity contribution >= 4 is 29.1 Å². The molecule has 0 spiro atoms. The van der Waals surface area contributed by atoms with Crippen molar-refractivity contribution in [3.05, 3.63) is 58.1 Å². The Morgan fingerprint density at radius 2 is 1.85 bits per heavy atom. The minimum atomic E-state index is -0.276. The Morgan fingerprint density at radius 1 is 1.11 bits per heavy atom. The molecular formula is C21H25ClN2O3. The number of hydrogen-bond donors (Lipinski definition) is 1. The van der Waals surface area contributed by atoms with Crippen molar-refractivity contribution in [1.29, 1.82) is 0 Å². The van der Waals surface area contributed by atoms with Gasteiger partial charge in [-0.05, 0) is 62.6 Å². The third kappa shape index (κ3) is 5.73. The first kappa shape index (κ1) is 20.8. The summed E-state index contributed by atoms with van der Waals surface area (Å²) >= 11 is 5.97. The maximum absolute atomic E-state index is 12.5. The highest BCUT2D eigenvalue weighted by Crippen LogP contribution is 2.21. The highest BCUT2D eigenvalue weighted by Gasteiger charge is 2.17. The van der Waals surface area contributed by atoms with Crippen LogP contribution in [0, 0.1) is 20.8 Å². The molecule has 2 aromatic rings.